The molecule has 3 nitrogen and oxygen atoms in total. The van der Waals surface area contributed by atoms with Crippen LogP contribution in [-0.2, 0) is 4.79 Å². The summed E-state index contributed by atoms with van der Waals surface area (Å²) in [5, 5.41) is 2.96. The van der Waals surface area contributed by atoms with Crippen LogP contribution in [0.4, 0.5) is 5.82 Å². The Bertz CT molecular complexity index is 444. The Morgan fingerprint density at radius 3 is 2.88 bits per heavy atom. The minimum atomic E-state index is 0.176. The number of amides is 1. The molecular weight excluding hydrogens is 212 g/mol. The minimum Gasteiger partial charge on any atom is -0.310 e. The fourth-order valence-electron chi connectivity index (χ4n) is 3.40. The van der Waals surface area contributed by atoms with E-state index in [2.05, 4.69) is 10.3 Å². The number of nitrogens with one attached hydrogen (secondary N) is 1. The van der Waals surface area contributed by atoms with E-state index in [1.807, 2.05) is 25.1 Å². The number of aromatic nitrogens is 1. The predicted octanol–water partition coefficient (Wildman–Crippen LogP) is 2.76. The maximum atomic E-state index is 12.2. The Balaban J connectivity index is 1.68. The fraction of sp³-hybridized carbons (Fsp3) is 0.571. The number of pyridine rings is 1. The van der Waals surface area contributed by atoms with Crippen LogP contribution in [0.1, 0.15) is 31.4 Å². The summed E-state index contributed by atoms with van der Waals surface area (Å²) in [6, 6.07) is 5.73. The van der Waals surface area contributed by atoms with E-state index >= 15 is 0 Å². The van der Waals surface area contributed by atoms with E-state index in [-0.39, 0.29) is 11.8 Å². The molecule has 2 saturated carbocycles. The van der Waals surface area contributed by atoms with Crippen molar-refractivity contribution in [3.8, 4) is 0 Å². The summed E-state index contributed by atoms with van der Waals surface area (Å²) in [5.41, 5.74) is 0.941. The van der Waals surface area contributed by atoms with Gasteiger partial charge in [0.1, 0.15) is 5.82 Å². The number of carbonyl (C=O) groups is 1. The molecular formula is C14H18N2O. The van der Waals surface area contributed by atoms with Crippen LogP contribution >= 0.6 is 0 Å². The molecule has 3 rings (SSSR count). The lowest BCUT2D eigenvalue weighted by atomic mass is 9.88. The van der Waals surface area contributed by atoms with Crippen molar-refractivity contribution < 1.29 is 4.79 Å². The summed E-state index contributed by atoms with van der Waals surface area (Å²) < 4.78 is 0. The van der Waals surface area contributed by atoms with Crippen molar-refractivity contribution in [1.82, 2.24) is 4.98 Å². The van der Waals surface area contributed by atoms with Crippen molar-refractivity contribution in [1.29, 1.82) is 0 Å². The standard InChI is InChI=1S/C14H18N2O/c1-9-3-2-4-13(15-9)16-14(17)12-8-10-5-6-11(12)7-10/h2-4,10-12H,5-8H2,1H3,(H,15,16,17)/t10-,11+,12-/m0/s1. The zero-order valence-electron chi connectivity index (χ0n) is 10.1. The van der Waals surface area contributed by atoms with Gasteiger partial charge in [0.2, 0.25) is 5.91 Å². The third kappa shape index (κ3) is 2.06. The van der Waals surface area contributed by atoms with Crippen LogP contribution in [0.15, 0.2) is 18.2 Å². The molecule has 0 saturated heterocycles. The van der Waals surface area contributed by atoms with Crippen molar-refractivity contribution in [3.05, 3.63) is 23.9 Å². The van der Waals surface area contributed by atoms with E-state index in [0.717, 1.165) is 18.0 Å². The van der Waals surface area contributed by atoms with E-state index < -0.39 is 0 Å². The summed E-state index contributed by atoms with van der Waals surface area (Å²) in [6.07, 6.45) is 4.92. The number of carbonyl (C=O) groups excluding carboxylic acids is 1. The van der Waals surface area contributed by atoms with E-state index in [1.165, 1.54) is 19.3 Å². The highest BCUT2D eigenvalue weighted by atomic mass is 16.2. The van der Waals surface area contributed by atoms with Gasteiger partial charge in [-0.2, -0.15) is 0 Å². The summed E-state index contributed by atoms with van der Waals surface area (Å²) >= 11 is 0. The van der Waals surface area contributed by atoms with Crippen molar-refractivity contribution in [3.63, 3.8) is 0 Å². The molecule has 1 heterocycles. The van der Waals surface area contributed by atoms with Crippen molar-refractivity contribution in [2.24, 2.45) is 17.8 Å². The third-order valence-electron chi connectivity index (χ3n) is 4.21. The average Bonchev–Trinajstić information content (AvgIpc) is 2.90. The molecule has 1 amide bonds. The number of aryl methyl sites for hydroxylation is 1. The van der Waals surface area contributed by atoms with Crippen molar-refractivity contribution >= 4 is 11.7 Å². The predicted molar refractivity (Wildman–Crippen MR) is 66.5 cm³/mol. The molecule has 0 spiro atoms. The first-order chi connectivity index (χ1) is 8.22. The van der Waals surface area contributed by atoms with E-state index in [0.29, 0.717) is 11.7 Å². The smallest absolute Gasteiger partial charge is 0.228 e. The van der Waals surface area contributed by atoms with Gasteiger partial charge in [-0.05, 0) is 50.2 Å². The zero-order chi connectivity index (χ0) is 11.8. The maximum absolute atomic E-state index is 12.2. The first-order valence-electron chi connectivity index (χ1n) is 6.47. The second-order valence-electron chi connectivity index (χ2n) is 5.43. The SMILES string of the molecule is Cc1cccc(NC(=O)[C@H]2C[C@H]3CC[C@@H]2C3)n1. The topological polar surface area (TPSA) is 42.0 Å². The number of nitrogens with zero attached hydrogens (tertiary/aromatic N) is 1. The number of rotatable bonds is 2. The zero-order valence-corrected chi connectivity index (χ0v) is 10.1. The van der Waals surface area contributed by atoms with Crippen molar-refractivity contribution in [2.45, 2.75) is 32.6 Å². The second-order valence-corrected chi connectivity index (χ2v) is 5.43. The number of fused-ring (bicyclic) bond motifs is 2. The summed E-state index contributed by atoms with van der Waals surface area (Å²) in [5.74, 6) is 2.54. The van der Waals surface area contributed by atoms with E-state index in [1.54, 1.807) is 0 Å². The Kier molecular flexibility index (Phi) is 2.61. The van der Waals surface area contributed by atoms with Gasteiger partial charge in [0.25, 0.3) is 0 Å². The fourth-order valence-corrected chi connectivity index (χ4v) is 3.40. The molecule has 0 radical (unpaired) electrons. The largest absolute Gasteiger partial charge is 0.310 e. The Morgan fingerprint density at radius 2 is 2.24 bits per heavy atom. The highest BCUT2D eigenvalue weighted by molar-refractivity contribution is 5.92. The van der Waals surface area contributed by atoms with Gasteiger partial charge in [-0.3, -0.25) is 4.79 Å². The van der Waals surface area contributed by atoms with Gasteiger partial charge in [-0.1, -0.05) is 12.5 Å². The van der Waals surface area contributed by atoms with Crippen LogP contribution in [0.5, 0.6) is 0 Å². The molecule has 2 aliphatic rings. The lowest BCUT2D eigenvalue weighted by molar-refractivity contribution is -0.121. The average molecular weight is 230 g/mol. The molecule has 90 valence electrons. The first-order valence-corrected chi connectivity index (χ1v) is 6.47. The van der Waals surface area contributed by atoms with Crippen LogP contribution < -0.4 is 5.32 Å². The lowest BCUT2D eigenvalue weighted by Crippen LogP contribution is -2.27. The summed E-state index contributed by atoms with van der Waals surface area (Å²) in [6.45, 7) is 1.94. The molecule has 1 N–H and O–H groups in total. The molecule has 1 aromatic rings. The highest BCUT2D eigenvalue weighted by Crippen LogP contribution is 2.48. The highest BCUT2D eigenvalue weighted by Gasteiger charge is 2.43. The van der Waals surface area contributed by atoms with E-state index in [9.17, 15) is 4.79 Å². The number of hydrogen-bond donors (Lipinski definition) is 1. The van der Waals surface area contributed by atoms with Crippen molar-refractivity contribution in [2.75, 3.05) is 5.32 Å². The second kappa shape index (κ2) is 4.13. The summed E-state index contributed by atoms with van der Waals surface area (Å²) in [4.78, 5) is 16.5. The molecule has 2 aliphatic carbocycles. The van der Waals surface area contributed by atoms with Gasteiger partial charge < -0.3 is 5.32 Å². The van der Waals surface area contributed by atoms with Crippen LogP contribution in [0.2, 0.25) is 0 Å². The third-order valence-corrected chi connectivity index (χ3v) is 4.21. The molecule has 2 fully saturated rings. The van der Waals surface area contributed by atoms with Gasteiger partial charge in [-0.25, -0.2) is 4.98 Å². The molecule has 1 aromatic heterocycles. The molecule has 0 aromatic carbocycles. The first kappa shape index (κ1) is 10.8. The van der Waals surface area contributed by atoms with Gasteiger partial charge in [0, 0.05) is 11.6 Å². The molecule has 3 heteroatoms. The molecule has 0 aliphatic heterocycles. The molecule has 2 bridgehead atoms. The molecule has 0 unspecified atom stereocenters. The van der Waals surface area contributed by atoms with E-state index in [4.69, 9.17) is 0 Å². The monoisotopic (exact) mass is 230 g/mol. The van der Waals surface area contributed by atoms with Gasteiger partial charge >= 0.3 is 0 Å². The lowest BCUT2D eigenvalue weighted by Gasteiger charge is -2.20. The van der Waals surface area contributed by atoms with Gasteiger partial charge in [0.15, 0.2) is 0 Å². The molecule has 17 heavy (non-hydrogen) atoms. The summed E-state index contributed by atoms with van der Waals surface area (Å²) in [7, 11) is 0. The number of hydrogen-bond acceptors (Lipinski definition) is 2. The minimum absolute atomic E-state index is 0.176. The molecule has 3 atom stereocenters. The van der Waals surface area contributed by atoms with Crippen LogP contribution in [0.3, 0.4) is 0 Å². The quantitative estimate of drug-likeness (QED) is 0.848. The van der Waals surface area contributed by atoms with Crippen LogP contribution in [-0.4, -0.2) is 10.9 Å². The Hall–Kier alpha value is -1.38. The Labute approximate surface area is 102 Å². The maximum Gasteiger partial charge on any atom is 0.228 e. The Morgan fingerprint density at radius 1 is 1.35 bits per heavy atom. The van der Waals surface area contributed by atoms with Crippen LogP contribution in [0.25, 0.3) is 0 Å². The normalized spacial score (nSPS) is 30.5. The van der Waals surface area contributed by atoms with Crippen LogP contribution in [0, 0.1) is 24.7 Å². The van der Waals surface area contributed by atoms with Gasteiger partial charge in [0.05, 0.1) is 0 Å². The number of anilines is 1. The van der Waals surface area contributed by atoms with Gasteiger partial charge in [-0.15, -0.1) is 0 Å².